The van der Waals surface area contributed by atoms with Crippen molar-refractivity contribution in [3.8, 4) is 11.4 Å². The maximum Gasteiger partial charge on any atom is 0.141 e. The number of aryl methyl sites for hydroxylation is 1. The second kappa shape index (κ2) is 4.95. The molecule has 1 fully saturated rings. The maximum absolute atomic E-state index is 4.67. The van der Waals surface area contributed by atoms with Crippen LogP contribution in [0.25, 0.3) is 22.4 Å². The van der Waals surface area contributed by atoms with Gasteiger partial charge in [-0.2, -0.15) is 15.0 Å². The average Bonchev–Trinajstić information content (AvgIpc) is 3.19. The highest BCUT2D eigenvalue weighted by atomic mass is 15.5. The van der Waals surface area contributed by atoms with Crippen molar-refractivity contribution in [2.75, 3.05) is 0 Å². The molecule has 0 radical (unpaired) electrons. The van der Waals surface area contributed by atoms with Crippen LogP contribution in [-0.4, -0.2) is 29.9 Å². The fourth-order valence-electron chi connectivity index (χ4n) is 3.22. The van der Waals surface area contributed by atoms with E-state index in [-0.39, 0.29) is 0 Å². The molecule has 108 valence electrons. The summed E-state index contributed by atoms with van der Waals surface area (Å²) in [6.45, 7) is 2.91. The van der Waals surface area contributed by atoms with Crippen molar-refractivity contribution < 1.29 is 0 Å². The molecule has 3 heterocycles. The molecule has 1 aliphatic rings. The molecule has 0 saturated heterocycles. The lowest BCUT2D eigenvalue weighted by Crippen LogP contribution is -2.10. The molecular weight excluding hydrogens is 264 g/mol. The number of aromatic nitrogens is 6. The first-order valence-corrected chi connectivity index (χ1v) is 7.51. The van der Waals surface area contributed by atoms with Gasteiger partial charge in [0.15, 0.2) is 0 Å². The van der Waals surface area contributed by atoms with E-state index >= 15 is 0 Å². The van der Waals surface area contributed by atoms with E-state index in [9.17, 15) is 0 Å². The van der Waals surface area contributed by atoms with Crippen LogP contribution in [0.3, 0.4) is 0 Å². The van der Waals surface area contributed by atoms with Crippen LogP contribution in [-0.2, 0) is 6.54 Å². The van der Waals surface area contributed by atoms with Gasteiger partial charge in [0.05, 0.1) is 12.2 Å². The minimum absolute atomic E-state index is 0.724. The first-order valence-electron chi connectivity index (χ1n) is 7.51. The molecule has 0 spiro atoms. The van der Waals surface area contributed by atoms with E-state index in [0.29, 0.717) is 0 Å². The van der Waals surface area contributed by atoms with Gasteiger partial charge in [0.1, 0.15) is 23.4 Å². The van der Waals surface area contributed by atoms with Crippen LogP contribution in [0.5, 0.6) is 0 Å². The number of hydrogen-bond acceptors (Lipinski definition) is 4. The largest absolute Gasteiger partial charge is 0.346 e. The molecule has 3 aromatic heterocycles. The Morgan fingerprint density at radius 1 is 1.19 bits per heavy atom. The second-order valence-electron chi connectivity index (χ2n) is 5.80. The molecule has 0 bridgehead atoms. The number of aromatic amines is 1. The van der Waals surface area contributed by atoms with E-state index in [4.69, 9.17) is 0 Å². The molecule has 6 heteroatoms. The molecule has 21 heavy (non-hydrogen) atoms. The third-order valence-electron chi connectivity index (χ3n) is 4.30. The molecule has 0 unspecified atom stereocenters. The molecule has 0 aromatic carbocycles. The van der Waals surface area contributed by atoms with Crippen LogP contribution in [0.15, 0.2) is 18.6 Å². The van der Waals surface area contributed by atoms with Crippen molar-refractivity contribution in [3.63, 3.8) is 0 Å². The SMILES string of the molecule is Cc1nn(CC2CCCC2)nc1-c1ncnc2[nH]ccc12. The summed E-state index contributed by atoms with van der Waals surface area (Å²) in [5.41, 5.74) is 3.48. The summed E-state index contributed by atoms with van der Waals surface area (Å²) >= 11 is 0. The summed E-state index contributed by atoms with van der Waals surface area (Å²) in [6, 6.07) is 1.99. The Morgan fingerprint density at radius 3 is 2.90 bits per heavy atom. The highest BCUT2D eigenvalue weighted by molar-refractivity contribution is 5.89. The Balaban J connectivity index is 1.71. The first-order chi connectivity index (χ1) is 10.3. The number of H-pyrrole nitrogens is 1. The molecule has 6 nitrogen and oxygen atoms in total. The fraction of sp³-hybridized carbons (Fsp3) is 0.467. The van der Waals surface area contributed by atoms with Crippen LogP contribution in [0.1, 0.15) is 31.4 Å². The fourth-order valence-corrected chi connectivity index (χ4v) is 3.22. The average molecular weight is 282 g/mol. The van der Waals surface area contributed by atoms with E-state index in [2.05, 4.69) is 25.1 Å². The van der Waals surface area contributed by atoms with Crippen LogP contribution in [0.4, 0.5) is 0 Å². The summed E-state index contributed by atoms with van der Waals surface area (Å²) in [7, 11) is 0. The lowest BCUT2D eigenvalue weighted by atomic mass is 10.1. The molecule has 1 saturated carbocycles. The van der Waals surface area contributed by atoms with Gasteiger partial charge >= 0.3 is 0 Å². The standard InChI is InChI=1S/C15H18N6/c1-10-13(14-12-6-7-16-15(12)18-9-17-14)20-21(19-10)8-11-4-2-3-5-11/h6-7,9,11H,2-5,8H2,1H3,(H,16,17,18). The number of fused-ring (bicyclic) bond motifs is 1. The predicted molar refractivity (Wildman–Crippen MR) is 79.6 cm³/mol. The van der Waals surface area contributed by atoms with Gasteiger partial charge in [-0.25, -0.2) is 9.97 Å². The normalized spacial score (nSPS) is 16.0. The van der Waals surface area contributed by atoms with Gasteiger partial charge in [-0.1, -0.05) is 12.8 Å². The number of hydrogen-bond donors (Lipinski definition) is 1. The first kappa shape index (κ1) is 12.5. The van der Waals surface area contributed by atoms with Crippen molar-refractivity contribution in [1.29, 1.82) is 0 Å². The Morgan fingerprint density at radius 2 is 2.05 bits per heavy atom. The van der Waals surface area contributed by atoms with Crippen molar-refractivity contribution in [2.24, 2.45) is 5.92 Å². The lowest BCUT2D eigenvalue weighted by molar-refractivity contribution is 0.394. The highest BCUT2D eigenvalue weighted by Crippen LogP contribution is 2.28. The van der Waals surface area contributed by atoms with Crippen molar-refractivity contribution in [3.05, 3.63) is 24.3 Å². The van der Waals surface area contributed by atoms with Gasteiger partial charge in [-0.05, 0) is 31.7 Å². The van der Waals surface area contributed by atoms with Crippen LogP contribution in [0.2, 0.25) is 0 Å². The molecule has 3 aromatic rings. The smallest absolute Gasteiger partial charge is 0.141 e. The summed E-state index contributed by atoms with van der Waals surface area (Å²) in [4.78, 5) is 13.6. The summed E-state index contributed by atoms with van der Waals surface area (Å²) in [5, 5.41) is 10.2. The van der Waals surface area contributed by atoms with Crippen molar-refractivity contribution >= 4 is 11.0 Å². The lowest BCUT2D eigenvalue weighted by Gasteiger charge is -2.06. The second-order valence-corrected chi connectivity index (χ2v) is 5.80. The van der Waals surface area contributed by atoms with Crippen molar-refractivity contribution in [1.82, 2.24) is 29.9 Å². The van der Waals surface area contributed by atoms with E-state index in [1.54, 1.807) is 6.33 Å². The van der Waals surface area contributed by atoms with Gasteiger partial charge in [0.25, 0.3) is 0 Å². The number of nitrogens with zero attached hydrogens (tertiary/aromatic N) is 5. The maximum atomic E-state index is 4.67. The minimum Gasteiger partial charge on any atom is -0.346 e. The van der Waals surface area contributed by atoms with Gasteiger partial charge in [-0.15, -0.1) is 0 Å². The highest BCUT2D eigenvalue weighted by Gasteiger charge is 2.19. The minimum atomic E-state index is 0.724. The third-order valence-corrected chi connectivity index (χ3v) is 4.30. The van der Waals surface area contributed by atoms with E-state index in [1.807, 2.05) is 24.0 Å². The molecule has 4 rings (SSSR count). The number of nitrogens with one attached hydrogen (secondary N) is 1. The zero-order valence-corrected chi connectivity index (χ0v) is 12.1. The topological polar surface area (TPSA) is 72.3 Å². The summed E-state index contributed by atoms with van der Waals surface area (Å²) in [6.07, 6.45) is 8.73. The Kier molecular flexibility index (Phi) is 2.94. The van der Waals surface area contributed by atoms with Gasteiger partial charge in [-0.3, -0.25) is 0 Å². The predicted octanol–water partition coefficient (Wildman–Crippen LogP) is 2.72. The Bertz CT molecular complexity index is 765. The quantitative estimate of drug-likeness (QED) is 0.801. The van der Waals surface area contributed by atoms with Crippen molar-refractivity contribution in [2.45, 2.75) is 39.2 Å². The van der Waals surface area contributed by atoms with Crippen LogP contribution >= 0.6 is 0 Å². The molecule has 0 amide bonds. The Hall–Kier alpha value is -2.24. The van der Waals surface area contributed by atoms with Crippen LogP contribution in [0, 0.1) is 12.8 Å². The van der Waals surface area contributed by atoms with E-state index in [1.165, 1.54) is 25.7 Å². The third kappa shape index (κ3) is 2.20. The summed E-state index contributed by atoms with van der Waals surface area (Å²) in [5.74, 6) is 0.724. The molecule has 0 atom stereocenters. The number of rotatable bonds is 3. The van der Waals surface area contributed by atoms with Gasteiger partial charge < -0.3 is 4.98 Å². The van der Waals surface area contributed by atoms with Crippen LogP contribution < -0.4 is 0 Å². The van der Waals surface area contributed by atoms with Gasteiger partial charge in [0.2, 0.25) is 0 Å². The monoisotopic (exact) mass is 282 g/mol. The molecule has 0 aliphatic heterocycles. The van der Waals surface area contributed by atoms with Gasteiger partial charge in [0, 0.05) is 11.6 Å². The Labute approximate surface area is 122 Å². The summed E-state index contributed by atoms with van der Waals surface area (Å²) < 4.78 is 0. The van der Waals surface area contributed by atoms with E-state index in [0.717, 1.165) is 40.6 Å². The zero-order valence-electron chi connectivity index (χ0n) is 12.1. The molecular formula is C15H18N6. The van der Waals surface area contributed by atoms with E-state index < -0.39 is 0 Å². The zero-order chi connectivity index (χ0) is 14.2. The molecule has 1 N–H and O–H groups in total. The molecule has 1 aliphatic carbocycles.